The average Bonchev–Trinajstić information content (AvgIpc) is 2.34. The van der Waals surface area contributed by atoms with Crippen LogP contribution >= 0.6 is 0 Å². The first-order valence-electron chi connectivity index (χ1n) is 7.56. The van der Waals surface area contributed by atoms with E-state index in [0.717, 1.165) is 19.4 Å². The summed E-state index contributed by atoms with van der Waals surface area (Å²) < 4.78 is 26.6. The Morgan fingerprint density at radius 2 is 1.89 bits per heavy atom. The number of piperidine rings is 1. The van der Waals surface area contributed by atoms with Crippen molar-refractivity contribution in [2.75, 3.05) is 18.8 Å². The predicted molar refractivity (Wildman–Crippen MR) is 80.7 cm³/mol. The predicted octanol–water partition coefficient (Wildman–Crippen LogP) is 2.21. The molecule has 0 bridgehead atoms. The second kappa shape index (κ2) is 7.60. The van der Waals surface area contributed by atoms with E-state index in [-0.39, 0.29) is 11.8 Å². The van der Waals surface area contributed by atoms with Gasteiger partial charge in [-0.15, -0.1) is 0 Å². The van der Waals surface area contributed by atoms with Crippen LogP contribution in [0.2, 0.25) is 0 Å². The molecule has 1 fully saturated rings. The van der Waals surface area contributed by atoms with E-state index in [1.165, 1.54) is 12.8 Å². The van der Waals surface area contributed by atoms with Gasteiger partial charge in [-0.05, 0) is 45.6 Å². The molecule has 0 aromatic rings. The Morgan fingerprint density at radius 1 is 1.21 bits per heavy atom. The van der Waals surface area contributed by atoms with Crippen molar-refractivity contribution >= 4 is 10.0 Å². The fraction of sp³-hybridized carbons (Fsp3) is 1.00. The van der Waals surface area contributed by atoms with Gasteiger partial charge < -0.3 is 5.32 Å². The van der Waals surface area contributed by atoms with Gasteiger partial charge in [0.1, 0.15) is 0 Å². The topological polar surface area (TPSA) is 49.4 Å². The van der Waals surface area contributed by atoms with Crippen molar-refractivity contribution in [1.82, 2.24) is 9.62 Å². The summed E-state index contributed by atoms with van der Waals surface area (Å²) >= 11 is 0. The van der Waals surface area contributed by atoms with Crippen LogP contribution in [0.3, 0.4) is 0 Å². The Labute approximate surface area is 119 Å². The third-order valence-electron chi connectivity index (χ3n) is 3.70. The molecule has 1 N–H and O–H groups in total. The zero-order valence-corrected chi connectivity index (χ0v) is 13.7. The molecule has 0 aromatic carbocycles. The van der Waals surface area contributed by atoms with Crippen LogP contribution in [0.15, 0.2) is 0 Å². The lowest BCUT2D eigenvalue weighted by Gasteiger charge is -2.32. The lowest BCUT2D eigenvalue weighted by atomic mass is 10.1. The van der Waals surface area contributed by atoms with Gasteiger partial charge in [0, 0.05) is 18.6 Å². The van der Waals surface area contributed by atoms with Crippen molar-refractivity contribution in [2.24, 2.45) is 5.92 Å². The molecular weight excluding hydrogens is 260 g/mol. The second-order valence-electron chi connectivity index (χ2n) is 6.31. The number of nitrogens with zero attached hydrogens (tertiary/aromatic N) is 1. The van der Waals surface area contributed by atoms with Gasteiger partial charge in [0.05, 0.1) is 5.75 Å². The fourth-order valence-corrected chi connectivity index (χ4v) is 4.50. The number of nitrogens with one attached hydrogen (secondary N) is 1. The van der Waals surface area contributed by atoms with Crippen LogP contribution < -0.4 is 5.32 Å². The first kappa shape index (κ1) is 16.9. The first-order chi connectivity index (χ1) is 8.83. The molecule has 1 aliphatic heterocycles. The lowest BCUT2D eigenvalue weighted by molar-refractivity contribution is 0.282. The Bertz CT molecular complexity index is 346. The zero-order valence-electron chi connectivity index (χ0n) is 12.9. The first-order valence-corrected chi connectivity index (χ1v) is 9.16. The molecule has 1 heterocycles. The molecule has 1 atom stereocenters. The van der Waals surface area contributed by atoms with Crippen LogP contribution in [0.4, 0.5) is 0 Å². The van der Waals surface area contributed by atoms with Gasteiger partial charge in [-0.3, -0.25) is 0 Å². The Hall–Kier alpha value is -0.130. The van der Waals surface area contributed by atoms with E-state index in [0.29, 0.717) is 18.5 Å². The van der Waals surface area contributed by atoms with Crippen molar-refractivity contribution < 1.29 is 8.42 Å². The van der Waals surface area contributed by atoms with Crippen LogP contribution in [-0.2, 0) is 10.0 Å². The minimum Gasteiger partial charge on any atom is -0.313 e. The van der Waals surface area contributed by atoms with E-state index in [1.807, 2.05) is 13.8 Å². The van der Waals surface area contributed by atoms with Gasteiger partial charge in [-0.1, -0.05) is 20.3 Å². The third kappa shape index (κ3) is 5.79. The highest BCUT2D eigenvalue weighted by molar-refractivity contribution is 7.89. The molecule has 0 amide bonds. The van der Waals surface area contributed by atoms with Crippen LogP contribution in [0, 0.1) is 5.92 Å². The summed E-state index contributed by atoms with van der Waals surface area (Å²) in [5.74, 6) is 0.701. The fourth-order valence-electron chi connectivity index (χ4n) is 2.44. The van der Waals surface area contributed by atoms with Crippen molar-refractivity contribution in [3.63, 3.8) is 0 Å². The Morgan fingerprint density at radius 3 is 2.37 bits per heavy atom. The van der Waals surface area contributed by atoms with E-state index in [1.54, 1.807) is 4.31 Å². The van der Waals surface area contributed by atoms with Crippen molar-refractivity contribution in [2.45, 2.75) is 65.5 Å². The smallest absolute Gasteiger partial charge is 0.214 e. The maximum Gasteiger partial charge on any atom is 0.214 e. The highest BCUT2D eigenvalue weighted by atomic mass is 32.2. The molecule has 0 aliphatic carbocycles. The van der Waals surface area contributed by atoms with E-state index in [4.69, 9.17) is 0 Å². The van der Waals surface area contributed by atoms with E-state index in [2.05, 4.69) is 19.2 Å². The number of hydrogen-bond donors (Lipinski definition) is 1. The Balaban J connectivity index is 2.64. The quantitative estimate of drug-likeness (QED) is 0.782. The molecule has 0 aromatic heterocycles. The molecule has 1 saturated heterocycles. The maximum absolute atomic E-state index is 12.4. The summed E-state index contributed by atoms with van der Waals surface area (Å²) in [5.41, 5.74) is 0. The summed E-state index contributed by atoms with van der Waals surface area (Å²) in [6, 6.07) is 0.367. The highest BCUT2D eigenvalue weighted by Crippen LogP contribution is 2.16. The molecule has 0 saturated carbocycles. The molecule has 114 valence electrons. The van der Waals surface area contributed by atoms with Gasteiger partial charge in [-0.2, -0.15) is 4.31 Å². The minimum atomic E-state index is -3.12. The largest absolute Gasteiger partial charge is 0.313 e. The van der Waals surface area contributed by atoms with Gasteiger partial charge in [0.2, 0.25) is 10.0 Å². The van der Waals surface area contributed by atoms with Crippen LogP contribution in [0.5, 0.6) is 0 Å². The van der Waals surface area contributed by atoms with E-state index >= 15 is 0 Å². The highest BCUT2D eigenvalue weighted by Gasteiger charge is 2.28. The zero-order chi connectivity index (χ0) is 14.5. The molecule has 0 radical (unpaired) electrons. The monoisotopic (exact) mass is 290 g/mol. The summed E-state index contributed by atoms with van der Waals surface area (Å²) in [6.07, 6.45) is 4.24. The van der Waals surface area contributed by atoms with Crippen molar-refractivity contribution in [1.29, 1.82) is 0 Å². The van der Waals surface area contributed by atoms with Gasteiger partial charge in [0.15, 0.2) is 0 Å². The standard InChI is InChI=1S/C14H30N2O2S/c1-12(2)8-10-19(17,18)16(13(3)4)11-14-7-5-6-9-15-14/h12-15H,5-11H2,1-4H3. The van der Waals surface area contributed by atoms with Gasteiger partial charge in [-0.25, -0.2) is 8.42 Å². The van der Waals surface area contributed by atoms with Gasteiger partial charge >= 0.3 is 0 Å². The third-order valence-corrected chi connectivity index (χ3v) is 5.74. The summed E-state index contributed by atoms with van der Waals surface area (Å²) in [4.78, 5) is 0. The van der Waals surface area contributed by atoms with E-state index < -0.39 is 10.0 Å². The van der Waals surface area contributed by atoms with Crippen molar-refractivity contribution in [3.8, 4) is 0 Å². The minimum absolute atomic E-state index is 0.0425. The molecule has 1 unspecified atom stereocenters. The molecule has 0 spiro atoms. The van der Waals surface area contributed by atoms with Crippen LogP contribution in [-0.4, -0.2) is 43.6 Å². The van der Waals surface area contributed by atoms with Crippen molar-refractivity contribution in [3.05, 3.63) is 0 Å². The van der Waals surface area contributed by atoms with E-state index in [9.17, 15) is 8.42 Å². The average molecular weight is 290 g/mol. The molecule has 5 heteroatoms. The Kier molecular flexibility index (Phi) is 6.77. The lowest BCUT2D eigenvalue weighted by Crippen LogP contribution is -2.48. The summed E-state index contributed by atoms with van der Waals surface area (Å²) in [5, 5.41) is 3.44. The second-order valence-corrected chi connectivity index (χ2v) is 8.35. The SMILES string of the molecule is CC(C)CCS(=O)(=O)N(CC1CCCCN1)C(C)C. The molecular formula is C14H30N2O2S. The van der Waals surface area contributed by atoms with Crippen LogP contribution in [0.25, 0.3) is 0 Å². The molecule has 4 nitrogen and oxygen atoms in total. The normalized spacial score (nSPS) is 21.5. The number of hydrogen-bond acceptors (Lipinski definition) is 3. The molecule has 1 aliphatic rings. The number of sulfonamides is 1. The van der Waals surface area contributed by atoms with Crippen LogP contribution in [0.1, 0.15) is 53.4 Å². The number of rotatable bonds is 7. The summed E-state index contributed by atoms with van der Waals surface area (Å²) in [6.45, 7) is 9.71. The van der Waals surface area contributed by atoms with Gasteiger partial charge in [0.25, 0.3) is 0 Å². The molecule has 1 rings (SSSR count). The maximum atomic E-state index is 12.4. The molecule has 19 heavy (non-hydrogen) atoms. The summed E-state index contributed by atoms with van der Waals surface area (Å²) in [7, 11) is -3.12.